The van der Waals surface area contributed by atoms with Crippen molar-refractivity contribution in [3.8, 4) is 5.75 Å². The predicted octanol–water partition coefficient (Wildman–Crippen LogP) is 3.20. The molecule has 2 N–H and O–H groups in total. The highest BCUT2D eigenvalue weighted by Crippen LogP contribution is 2.29. The van der Waals surface area contributed by atoms with Crippen LogP contribution < -0.4 is 15.4 Å². The predicted molar refractivity (Wildman–Crippen MR) is 107 cm³/mol. The largest absolute Gasteiger partial charge is 0.492 e. The summed E-state index contributed by atoms with van der Waals surface area (Å²) in [6.45, 7) is 9.71. The maximum atomic E-state index is 12.7. The zero-order chi connectivity index (χ0) is 18.9. The summed E-state index contributed by atoms with van der Waals surface area (Å²) in [5.74, 6) is 0.570. The summed E-state index contributed by atoms with van der Waals surface area (Å²) in [7, 11) is -3.54. The van der Waals surface area contributed by atoms with Crippen LogP contribution >= 0.6 is 12.2 Å². The van der Waals surface area contributed by atoms with E-state index in [9.17, 15) is 8.42 Å². The molecule has 0 heterocycles. The Balaban J connectivity index is 3.10. The van der Waals surface area contributed by atoms with Gasteiger partial charge in [-0.1, -0.05) is 27.2 Å². The van der Waals surface area contributed by atoms with E-state index in [0.717, 1.165) is 19.4 Å². The molecule has 0 radical (unpaired) electrons. The molecule has 0 bridgehead atoms. The van der Waals surface area contributed by atoms with Gasteiger partial charge in [0.1, 0.15) is 5.75 Å². The van der Waals surface area contributed by atoms with E-state index in [1.165, 1.54) is 4.31 Å². The molecule has 0 unspecified atom stereocenters. The van der Waals surface area contributed by atoms with E-state index < -0.39 is 10.0 Å². The molecule has 0 atom stereocenters. The van der Waals surface area contributed by atoms with Gasteiger partial charge in [-0.2, -0.15) is 4.31 Å². The van der Waals surface area contributed by atoms with Crippen molar-refractivity contribution in [1.29, 1.82) is 0 Å². The number of sulfonamides is 1. The van der Waals surface area contributed by atoms with Crippen molar-refractivity contribution in [3.05, 3.63) is 18.2 Å². The lowest BCUT2D eigenvalue weighted by Gasteiger charge is -2.20. The maximum absolute atomic E-state index is 12.7. The Morgan fingerprint density at radius 1 is 1.20 bits per heavy atom. The summed E-state index contributed by atoms with van der Waals surface area (Å²) in [5.41, 5.74) is 0.545. The second-order valence-electron chi connectivity index (χ2n) is 5.41. The summed E-state index contributed by atoms with van der Waals surface area (Å²) in [5, 5.41) is 6.61. The number of hydrogen-bond acceptors (Lipinski definition) is 4. The molecule has 0 aliphatic rings. The molecule has 1 aromatic rings. The fraction of sp³-hybridized carbons (Fsp3) is 0.588. The summed E-state index contributed by atoms with van der Waals surface area (Å²) in [6.07, 6.45) is 2.08. The molecule has 0 saturated heterocycles. The van der Waals surface area contributed by atoms with Crippen LogP contribution in [0.4, 0.5) is 5.69 Å². The first-order valence-corrected chi connectivity index (χ1v) is 10.6. The topological polar surface area (TPSA) is 70.7 Å². The zero-order valence-electron chi connectivity index (χ0n) is 15.5. The lowest BCUT2D eigenvalue weighted by molar-refractivity contribution is 0.341. The van der Waals surface area contributed by atoms with Gasteiger partial charge in [-0.25, -0.2) is 8.42 Å². The van der Waals surface area contributed by atoms with Crippen LogP contribution in [-0.2, 0) is 10.0 Å². The van der Waals surface area contributed by atoms with Crippen LogP contribution in [0.3, 0.4) is 0 Å². The van der Waals surface area contributed by atoms with Crippen molar-refractivity contribution in [2.45, 2.75) is 45.4 Å². The van der Waals surface area contributed by atoms with Gasteiger partial charge in [-0.3, -0.25) is 0 Å². The second kappa shape index (κ2) is 10.6. The number of nitrogens with zero attached hydrogens (tertiary/aromatic N) is 1. The molecule has 0 spiro atoms. The Morgan fingerprint density at radius 3 is 2.44 bits per heavy atom. The number of nitrogens with one attached hydrogen (secondary N) is 2. The molecule has 1 rings (SSSR count). The Labute approximate surface area is 157 Å². The first-order valence-electron chi connectivity index (χ1n) is 8.72. The highest BCUT2D eigenvalue weighted by Gasteiger charge is 2.23. The number of ether oxygens (including phenoxy) is 1. The van der Waals surface area contributed by atoms with E-state index in [-0.39, 0.29) is 4.90 Å². The number of thiocarbonyl (C=S) groups is 1. The minimum absolute atomic E-state index is 0.221. The monoisotopic (exact) mass is 387 g/mol. The third-order valence-electron chi connectivity index (χ3n) is 3.66. The maximum Gasteiger partial charge on any atom is 0.243 e. The van der Waals surface area contributed by atoms with Crippen molar-refractivity contribution in [2.24, 2.45) is 0 Å². The quantitative estimate of drug-likeness (QED) is 0.475. The smallest absolute Gasteiger partial charge is 0.243 e. The molecule has 0 amide bonds. The van der Waals surface area contributed by atoms with E-state index >= 15 is 0 Å². The van der Waals surface area contributed by atoms with Gasteiger partial charge in [0.15, 0.2) is 5.11 Å². The van der Waals surface area contributed by atoms with Gasteiger partial charge in [-0.15, -0.1) is 0 Å². The molecule has 0 fully saturated rings. The number of anilines is 1. The molecule has 25 heavy (non-hydrogen) atoms. The van der Waals surface area contributed by atoms with Crippen molar-refractivity contribution >= 4 is 33.0 Å². The van der Waals surface area contributed by atoms with Crippen LogP contribution in [-0.4, -0.2) is 44.1 Å². The number of benzene rings is 1. The van der Waals surface area contributed by atoms with Gasteiger partial charge in [0.2, 0.25) is 10.0 Å². The van der Waals surface area contributed by atoms with Crippen molar-refractivity contribution < 1.29 is 13.2 Å². The van der Waals surface area contributed by atoms with E-state index in [0.29, 0.717) is 36.2 Å². The Kier molecular flexibility index (Phi) is 9.16. The molecule has 0 aromatic heterocycles. The van der Waals surface area contributed by atoms with Crippen molar-refractivity contribution in [2.75, 3.05) is 31.6 Å². The van der Waals surface area contributed by atoms with E-state index in [2.05, 4.69) is 17.6 Å². The zero-order valence-corrected chi connectivity index (χ0v) is 17.1. The number of unbranched alkanes of at least 4 members (excludes halogenated alkanes) is 1. The third-order valence-corrected chi connectivity index (χ3v) is 5.95. The molecular weight excluding hydrogens is 358 g/mol. The highest BCUT2D eigenvalue weighted by atomic mass is 32.2. The third kappa shape index (κ3) is 6.13. The van der Waals surface area contributed by atoms with Crippen molar-refractivity contribution in [3.63, 3.8) is 0 Å². The number of hydrogen-bond donors (Lipinski definition) is 2. The van der Waals surface area contributed by atoms with E-state index in [1.54, 1.807) is 18.2 Å². The lowest BCUT2D eigenvalue weighted by atomic mass is 10.3. The summed E-state index contributed by atoms with van der Waals surface area (Å²) < 4.78 is 32.4. The highest BCUT2D eigenvalue weighted by molar-refractivity contribution is 7.89. The minimum atomic E-state index is -3.54. The van der Waals surface area contributed by atoms with Gasteiger partial charge in [0.05, 0.1) is 17.2 Å². The van der Waals surface area contributed by atoms with Gasteiger partial charge < -0.3 is 15.4 Å². The fourth-order valence-corrected chi connectivity index (χ4v) is 4.00. The first kappa shape index (κ1) is 21.7. The first-order chi connectivity index (χ1) is 11.9. The lowest BCUT2D eigenvalue weighted by Crippen LogP contribution is -2.31. The standard InChI is InChI=1S/C17H29N3O3S2/c1-5-9-12-18-17(24)19-15-13-14(10-11-16(15)23-8-4)25(21,22)20(6-2)7-3/h10-11,13H,5-9,12H2,1-4H3,(H2,18,19,24). The van der Waals surface area contributed by atoms with E-state index in [4.69, 9.17) is 17.0 Å². The molecule has 1 aromatic carbocycles. The summed E-state index contributed by atoms with van der Waals surface area (Å²) in [6, 6.07) is 4.81. The Bertz CT molecular complexity index is 659. The average molecular weight is 388 g/mol. The molecule has 0 aliphatic heterocycles. The second-order valence-corrected chi connectivity index (χ2v) is 7.76. The molecular formula is C17H29N3O3S2. The summed E-state index contributed by atoms with van der Waals surface area (Å²) in [4.78, 5) is 0.221. The normalized spacial score (nSPS) is 11.4. The van der Waals surface area contributed by atoms with Crippen LogP contribution in [0.1, 0.15) is 40.5 Å². The fourth-order valence-electron chi connectivity index (χ4n) is 2.31. The SMILES string of the molecule is CCCCNC(=S)Nc1cc(S(=O)(=O)N(CC)CC)ccc1OCC. The van der Waals surface area contributed by atoms with Gasteiger partial charge in [0.25, 0.3) is 0 Å². The van der Waals surface area contributed by atoms with Crippen LogP contribution in [0.15, 0.2) is 23.1 Å². The molecule has 142 valence electrons. The number of rotatable bonds is 10. The molecule has 0 saturated carbocycles. The van der Waals surface area contributed by atoms with Gasteiger partial charge in [0, 0.05) is 19.6 Å². The van der Waals surface area contributed by atoms with E-state index in [1.807, 2.05) is 20.8 Å². The van der Waals surface area contributed by atoms with Crippen LogP contribution in [0, 0.1) is 0 Å². The van der Waals surface area contributed by atoms with Crippen LogP contribution in [0.5, 0.6) is 5.75 Å². The Morgan fingerprint density at radius 2 is 1.88 bits per heavy atom. The Hall–Kier alpha value is -1.38. The summed E-state index contributed by atoms with van der Waals surface area (Å²) >= 11 is 5.29. The van der Waals surface area contributed by atoms with Gasteiger partial charge >= 0.3 is 0 Å². The van der Waals surface area contributed by atoms with Crippen LogP contribution in [0.25, 0.3) is 0 Å². The molecule has 0 aliphatic carbocycles. The average Bonchev–Trinajstić information content (AvgIpc) is 2.57. The van der Waals surface area contributed by atoms with Gasteiger partial charge in [-0.05, 0) is 43.8 Å². The van der Waals surface area contributed by atoms with Crippen molar-refractivity contribution in [1.82, 2.24) is 9.62 Å². The molecule has 8 heteroatoms. The minimum Gasteiger partial charge on any atom is -0.492 e. The molecule has 6 nitrogen and oxygen atoms in total. The van der Waals surface area contributed by atoms with Crippen LogP contribution in [0.2, 0.25) is 0 Å².